The Bertz CT molecular complexity index is 723. The van der Waals surface area contributed by atoms with Crippen LogP contribution in [0.1, 0.15) is 23.5 Å². The summed E-state index contributed by atoms with van der Waals surface area (Å²) in [4.78, 5) is 2.26. The first-order chi connectivity index (χ1) is 10.7. The molecule has 1 saturated heterocycles. The van der Waals surface area contributed by atoms with Gasteiger partial charge in [0.2, 0.25) is 0 Å². The monoisotopic (exact) mass is 312 g/mol. The third-order valence-corrected chi connectivity index (χ3v) is 4.42. The summed E-state index contributed by atoms with van der Waals surface area (Å²) < 4.78 is 5.47. The maximum atomic E-state index is 9.31. The predicted octanol–water partition coefficient (Wildman–Crippen LogP) is 4.21. The molecule has 0 aromatic heterocycles. The van der Waals surface area contributed by atoms with Gasteiger partial charge in [0.1, 0.15) is 11.8 Å². The number of methoxy groups -OCH3 is 1. The Balaban J connectivity index is 1.85. The lowest BCUT2D eigenvalue weighted by molar-refractivity contribution is 0.406. The molecule has 112 valence electrons. The zero-order valence-corrected chi connectivity index (χ0v) is 13.2. The number of nitriles is 1. The first kappa shape index (κ1) is 14.7. The largest absolute Gasteiger partial charge is 0.496 e. The average molecular weight is 313 g/mol. The lowest BCUT2D eigenvalue weighted by Crippen LogP contribution is -2.20. The van der Waals surface area contributed by atoms with Crippen LogP contribution in [0.15, 0.2) is 42.5 Å². The Labute approximate surface area is 135 Å². The molecule has 0 amide bonds. The van der Waals surface area contributed by atoms with Crippen LogP contribution in [0.4, 0.5) is 5.69 Å². The lowest BCUT2D eigenvalue weighted by Gasteiger charge is -2.21. The Kier molecular flexibility index (Phi) is 4.22. The molecule has 2 aromatic rings. The van der Waals surface area contributed by atoms with Gasteiger partial charge in [-0.3, -0.25) is 0 Å². The van der Waals surface area contributed by atoms with E-state index in [1.807, 2.05) is 30.3 Å². The van der Waals surface area contributed by atoms with Gasteiger partial charge < -0.3 is 9.64 Å². The summed E-state index contributed by atoms with van der Waals surface area (Å²) in [5, 5.41) is 9.91. The van der Waals surface area contributed by atoms with Crippen molar-refractivity contribution in [1.29, 1.82) is 5.26 Å². The van der Waals surface area contributed by atoms with E-state index in [4.69, 9.17) is 16.3 Å². The van der Waals surface area contributed by atoms with E-state index in [1.54, 1.807) is 13.2 Å². The Hall–Kier alpha value is -2.18. The van der Waals surface area contributed by atoms with Gasteiger partial charge in [-0.2, -0.15) is 5.26 Å². The average Bonchev–Trinajstić information content (AvgIpc) is 3.04. The maximum absolute atomic E-state index is 9.31. The van der Waals surface area contributed by atoms with Crippen molar-refractivity contribution < 1.29 is 4.74 Å². The fraction of sp³-hybridized carbons (Fsp3) is 0.278. The summed E-state index contributed by atoms with van der Waals surface area (Å²) >= 11 is 5.98. The quantitative estimate of drug-likeness (QED) is 0.851. The van der Waals surface area contributed by atoms with E-state index < -0.39 is 0 Å². The molecular weight excluding hydrogens is 296 g/mol. The molecule has 2 aromatic carbocycles. The van der Waals surface area contributed by atoms with E-state index in [-0.39, 0.29) is 0 Å². The van der Waals surface area contributed by atoms with Gasteiger partial charge in [0.15, 0.2) is 0 Å². The fourth-order valence-electron chi connectivity index (χ4n) is 3.11. The van der Waals surface area contributed by atoms with E-state index in [9.17, 15) is 5.26 Å². The standard InChI is InChI=1S/C18H17ClN2O/c1-22-18-5-3-2-4-16(18)13-8-9-21(12-13)17-7-6-15(19)10-14(17)11-20/h2-7,10,13H,8-9,12H2,1H3. The molecule has 1 aliphatic heterocycles. The third-order valence-electron chi connectivity index (χ3n) is 4.19. The van der Waals surface area contributed by atoms with Crippen LogP contribution in [0, 0.1) is 11.3 Å². The molecule has 1 atom stereocenters. The van der Waals surface area contributed by atoms with Crippen LogP contribution in [0.5, 0.6) is 5.75 Å². The summed E-state index contributed by atoms with van der Waals surface area (Å²) in [6.45, 7) is 1.82. The SMILES string of the molecule is COc1ccccc1C1CCN(c2ccc(Cl)cc2C#N)C1. The minimum absolute atomic E-state index is 0.415. The summed E-state index contributed by atoms with van der Waals surface area (Å²) in [6.07, 6.45) is 1.05. The Morgan fingerprint density at radius 3 is 2.86 bits per heavy atom. The van der Waals surface area contributed by atoms with E-state index in [0.717, 1.165) is 30.9 Å². The van der Waals surface area contributed by atoms with Gasteiger partial charge >= 0.3 is 0 Å². The van der Waals surface area contributed by atoms with Crippen LogP contribution in [0.2, 0.25) is 5.02 Å². The van der Waals surface area contributed by atoms with Crippen molar-refractivity contribution >= 4 is 17.3 Å². The van der Waals surface area contributed by atoms with E-state index in [2.05, 4.69) is 17.0 Å². The molecule has 1 aliphatic rings. The van der Waals surface area contributed by atoms with Crippen molar-refractivity contribution in [2.45, 2.75) is 12.3 Å². The summed E-state index contributed by atoms with van der Waals surface area (Å²) in [5.74, 6) is 1.35. The second-order valence-corrected chi connectivity index (χ2v) is 5.88. The summed E-state index contributed by atoms with van der Waals surface area (Å²) in [5.41, 5.74) is 2.83. The number of anilines is 1. The van der Waals surface area contributed by atoms with E-state index >= 15 is 0 Å². The number of hydrogen-bond acceptors (Lipinski definition) is 3. The molecule has 0 aliphatic carbocycles. The fourth-order valence-corrected chi connectivity index (χ4v) is 3.28. The van der Waals surface area contributed by atoms with Crippen molar-refractivity contribution in [3.05, 3.63) is 58.6 Å². The zero-order valence-electron chi connectivity index (χ0n) is 12.4. The molecule has 0 saturated carbocycles. The second kappa shape index (κ2) is 6.29. The molecule has 0 spiro atoms. The van der Waals surface area contributed by atoms with Crippen molar-refractivity contribution in [1.82, 2.24) is 0 Å². The maximum Gasteiger partial charge on any atom is 0.122 e. The molecule has 3 nitrogen and oxygen atoms in total. The highest BCUT2D eigenvalue weighted by Gasteiger charge is 2.27. The Morgan fingerprint density at radius 1 is 1.27 bits per heavy atom. The van der Waals surface area contributed by atoms with Gasteiger partial charge in [0.25, 0.3) is 0 Å². The van der Waals surface area contributed by atoms with Crippen molar-refractivity contribution in [2.24, 2.45) is 0 Å². The molecule has 1 unspecified atom stereocenters. The van der Waals surface area contributed by atoms with Crippen molar-refractivity contribution in [3.8, 4) is 11.8 Å². The van der Waals surface area contributed by atoms with Crippen LogP contribution >= 0.6 is 11.6 Å². The first-order valence-electron chi connectivity index (χ1n) is 7.30. The topological polar surface area (TPSA) is 36.3 Å². The number of hydrogen-bond donors (Lipinski definition) is 0. The van der Waals surface area contributed by atoms with E-state index in [1.165, 1.54) is 5.56 Å². The Morgan fingerprint density at radius 2 is 2.09 bits per heavy atom. The molecule has 0 N–H and O–H groups in total. The number of para-hydroxylation sites is 1. The van der Waals surface area contributed by atoms with Crippen molar-refractivity contribution in [2.75, 3.05) is 25.1 Å². The number of ether oxygens (including phenoxy) is 1. The van der Waals surface area contributed by atoms with E-state index in [0.29, 0.717) is 16.5 Å². The number of benzene rings is 2. The zero-order chi connectivity index (χ0) is 15.5. The second-order valence-electron chi connectivity index (χ2n) is 5.45. The van der Waals surface area contributed by atoms with Gasteiger partial charge in [0.05, 0.1) is 18.4 Å². The number of rotatable bonds is 3. The van der Waals surface area contributed by atoms with Gasteiger partial charge in [0, 0.05) is 24.0 Å². The van der Waals surface area contributed by atoms with Gasteiger partial charge in [-0.05, 0) is 36.2 Å². The van der Waals surface area contributed by atoms with Crippen LogP contribution in [-0.2, 0) is 0 Å². The molecular formula is C18H17ClN2O. The smallest absolute Gasteiger partial charge is 0.122 e. The molecule has 1 fully saturated rings. The minimum atomic E-state index is 0.415. The van der Waals surface area contributed by atoms with Gasteiger partial charge in [-0.25, -0.2) is 0 Å². The molecule has 0 bridgehead atoms. The summed E-state index contributed by atoms with van der Waals surface area (Å²) in [7, 11) is 1.71. The third kappa shape index (κ3) is 2.75. The minimum Gasteiger partial charge on any atom is -0.496 e. The molecule has 1 heterocycles. The van der Waals surface area contributed by atoms with Gasteiger partial charge in [-0.15, -0.1) is 0 Å². The highest BCUT2D eigenvalue weighted by atomic mass is 35.5. The lowest BCUT2D eigenvalue weighted by atomic mass is 9.97. The number of halogens is 1. The van der Waals surface area contributed by atoms with Crippen molar-refractivity contribution in [3.63, 3.8) is 0 Å². The van der Waals surface area contributed by atoms with Crippen LogP contribution in [-0.4, -0.2) is 20.2 Å². The summed E-state index contributed by atoms with van der Waals surface area (Å²) in [6, 6.07) is 15.9. The first-order valence-corrected chi connectivity index (χ1v) is 7.68. The molecule has 22 heavy (non-hydrogen) atoms. The highest BCUT2D eigenvalue weighted by Crippen LogP contribution is 2.36. The van der Waals surface area contributed by atoms with Crippen LogP contribution in [0.25, 0.3) is 0 Å². The molecule has 0 radical (unpaired) electrons. The van der Waals surface area contributed by atoms with Crippen LogP contribution in [0.3, 0.4) is 0 Å². The molecule has 3 rings (SSSR count). The van der Waals surface area contributed by atoms with Gasteiger partial charge in [-0.1, -0.05) is 29.8 Å². The molecule has 4 heteroatoms. The van der Waals surface area contributed by atoms with Crippen LogP contribution < -0.4 is 9.64 Å². The highest BCUT2D eigenvalue weighted by molar-refractivity contribution is 6.30. The normalized spacial score (nSPS) is 17.3. The predicted molar refractivity (Wildman–Crippen MR) is 88.7 cm³/mol. The number of nitrogens with zero attached hydrogens (tertiary/aromatic N) is 2.